The van der Waals surface area contributed by atoms with Gasteiger partial charge in [0.2, 0.25) is 0 Å². The maximum atomic E-state index is 12.7. The van der Waals surface area contributed by atoms with Crippen molar-refractivity contribution in [2.45, 2.75) is 59.7 Å². The van der Waals surface area contributed by atoms with Crippen molar-refractivity contribution in [3.8, 4) is 0 Å². The molecule has 0 aromatic heterocycles. The number of halogens is 1. The van der Waals surface area contributed by atoms with Crippen molar-refractivity contribution in [2.24, 2.45) is 11.8 Å². The van der Waals surface area contributed by atoms with Crippen LogP contribution in [0.5, 0.6) is 0 Å². The topological polar surface area (TPSA) is 52.6 Å². The summed E-state index contributed by atoms with van der Waals surface area (Å²) in [6.45, 7) is 14.3. The van der Waals surface area contributed by atoms with Gasteiger partial charge < -0.3 is 9.47 Å². The average Bonchev–Trinajstić information content (AvgIpc) is 2.60. The van der Waals surface area contributed by atoms with E-state index in [4.69, 9.17) is 21.1 Å². The van der Waals surface area contributed by atoms with Crippen LogP contribution in [0.15, 0.2) is 59.4 Å². The predicted octanol–water partition coefficient (Wildman–Crippen LogP) is 5.65. The predicted molar refractivity (Wildman–Crippen MR) is 114 cm³/mol. The van der Waals surface area contributed by atoms with Crippen molar-refractivity contribution in [3.05, 3.63) is 59.4 Å². The van der Waals surface area contributed by atoms with Crippen molar-refractivity contribution in [1.29, 1.82) is 0 Å². The van der Waals surface area contributed by atoms with Gasteiger partial charge in [0.1, 0.15) is 5.76 Å². The van der Waals surface area contributed by atoms with Gasteiger partial charge in [-0.25, -0.2) is 4.79 Å². The fourth-order valence-corrected chi connectivity index (χ4v) is 2.71. The third-order valence-electron chi connectivity index (χ3n) is 4.21. The Morgan fingerprint density at radius 1 is 1.29 bits per heavy atom. The number of carbonyl (C=O) groups excluding carboxylic acids is 2. The number of carbonyl (C=O) groups is 2. The number of Topliss-reactive ketones (excluding diaryl/α,β-unsaturated/α-hetero) is 1. The molecule has 2 unspecified atom stereocenters. The van der Waals surface area contributed by atoms with E-state index in [0.29, 0.717) is 12.2 Å². The molecule has 0 saturated carbocycles. The molecular weight excluding hydrogens is 376 g/mol. The standard InChI is InChI=1S/C23H31ClO4/c1-8-9-19(28-23(6,7)22(26)27-15(2)3)12-10-16(4)21(25)18-11-13-20(24)17(5)14-18/h8-13,15-17H,1,14H2,2-7H3/b12-10-,19-9+. The van der Waals surface area contributed by atoms with Crippen LogP contribution in [0.25, 0.3) is 0 Å². The molecule has 0 amide bonds. The lowest BCUT2D eigenvalue weighted by Gasteiger charge is -2.26. The number of ketones is 1. The van der Waals surface area contributed by atoms with Gasteiger partial charge >= 0.3 is 5.97 Å². The van der Waals surface area contributed by atoms with E-state index in [2.05, 4.69) is 6.58 Å². The van der Waals surface area contributed by atoms with E-state index in [-0.39, 0.29) is 23.7 Å². The molecule has 1 aliphatic carbocycles. The van der Waals surface area contributed by atoms with Crippen LogP contribution in [0.3, 0.4) is 0 Å². The van der Waals surface area contributed by atoms with Crippen LogP contribution in [0, 0.1) is 11.8 Å². The summed E-state index contributed by atoms with van der Waals surface area (Å²) in [6.07, 6.45) is 10.6. The molecule has 1 rings (SSSR count). The second-order valence-corrected chi connectivity index (χ2v) is 8.17. The van der Waals surface area contributed by atoms with Crippen molar-refractivity contribution in [2.75, 3.05) is 0 Å². The van der Waals surface area contributed by atoms with Gasteiger partial charge in [0.05, 0.1) is 6.10 Å². The number of hydrogen-bond donors (Lipinski definition) is 0. The fourth-order valence-electron chi connectivity index (χ4n) is 2.57. The largest absolute Gasteiger partial charge is 0.476 e. The molecule has 0 fully saturated rings. The summed E-state index contributed by atoms with van der Waals surface area (Å²) in [5, 5.41) is 0.764. The Morgan fingerprint density at radius 2 is 1.93 bits per heavy atom. The summed E-state index contributed by atoms with van der Waals surface area (Å²) in [4.78, 5) is 24.9. The maximum absolute atomic E-state index is 12.7. The summed E-state index contributed by atoms with van der Waals surface area (Å²) in [6, 6.07) is 0. The zero-order chi connectivity index (χ0) is 21.5. The van der Waals surface area contributed by atoms with Crippen molar-refractivity contribution in [3.63, 3.8) is 0 Å². The number of hydrogen-bond acceptors (Lipinski definition) is 4. The van der Waals surface area contributed by atoms with Gasteiger partial charge in [-0.3, -0.25) is 4.79 Å². The Labute approximate surface area is 173 Å². The molecule has 0 bridgehead atoms. The fraction of sp³-hybridized carbons (Fsp3) is 0.478. The molecular formula is C23H31ClO4. The van der Waals surface area contributed by atoms with Crippen LogP contribution in [-0.4, -0.2) is 23.5 Å². The lowest BCUT2D eigenvalue weighted by Crippen LogP contribution is -2.37. The molecule has 4 nitrogen and oxygen atoms in total. The Bertz CT molecular complexity index is 723. The summed E-state index contributed by atoms with van der Waals surface area (Å²) >= 11 is 6.09. The van der Waals surface area contributed by atoms with Gasteiger partial charge in [0, 0.05) is 11.0 Å². The number of esters is 1. The molecule has 0 saturated heterocycles. The van der Waals surface area contributed by atoms with E-state index in [1.54, 1.807) is 64.2 Å². The lowest BCUT2D eigenvalue weighted by atomic mass is 9.88. The van der Waals surface area contributed by atoms with Gasteiger partial charge in [0.25, 0.3) is 0 Å². The van der Waals surface area contributed by atoms with Crippen LogP contribution >= 0.6 is 11.6 Å². The highest BCUT2D eigenvalue weighted by Crippen LogP contribution is 2.29. The highest BCUT2D eigenvalue weighted by atomic mass is 35.5. The first-order valence-corrected chi connectivity index (χ1v) is 9.87. The van der Waals surface area contributed by atoms with E-state index in [1.807, 2.05) is 13.8 Å². The van der Waals surface area contributed by atoms with Gasteiger partial charge in [-0.2, -0.15) is 0 Å². The second kappa shape index (κ2) is 10.5. The highest BCUT2D eigenvalue weighted by Gasteiger charge is 2.32. The minimum absolute atomic E-state index is 0.0416. The van der Waals surface area contributed by atoms with Gasteiger partial charge in [0.15, 0.2) is 11.4 Å². The Morgan fingerprint density at radius 3 is 2.46 bits per heavy atom. The van der Waals surface area contributed by atoms with Crippen molar-refractivity contribution < 1.29 is 19.1 Å². The molecule has 1 aliphatic rings. The Hall–Kier alpha value is -2.07. The normalized spacial score (nSPS) is 19.1. The number of allylic oxidation sites excluding steroid dienone is 8. The minimum Gasteiger partial charge on any atom is -0.476 e. The molecule has 0 heterocycles. The lowest BCUT2D eigenvalue weighted by molar-refractivity contribution is -0.167. The van der Waals surface area contributed by atoms with E-state index >= 15 is 0 Å². The molecule has 0 aromatic carbocycles. The summed E-state index contributed by atoms with van der Waals surface area (Å²) < 4.78 is 11.1. The van der Waals surface area contributed by atoms with Crippen molar-refractivity contribution >= 4 is 23.4 Å². The molecule has 2 atom stereocenters. The molecule has 5 heteroatoms. The summed E-state index contributed by atoms with van der Waals surface area (Å²) in [5.74, 6) is -0.186. The number of rotatable bonds is 9. The SMILES string of the molecule is C=C/C=C(\C=C/C(C)C(=O)C1=CC=C(Cl)C(C)C1)OC(C)(C)C(=O)OC(C)C. The van der Waals surface area contributed by atoms with Crippen LogP contribution < -0.4 is 0 Å². The Kier molecular flexibility index (Phi) is 8.96. The monoisotopic (exact) mass is 406 g/mol. The highest BCUT2D eigenvalue weighted by molar-refractivity contribution is 6.30. The maximum Gasteiger partial charge on any atom is 0.350 e. The Balaban J connectivity index is 2.87. The third kappa shape index (κ3) is 7.16. The van der Waals surface area contributed by atoms with Crippen LogP contribution in [0.4, 0.5) is 0 Å². The average molecular weight is 407 g/mol. The van der Waals surface area contributed by atoms with Crippen molar-refractivity contribution in [1.82, 2.24) is 0 Å². The van der Waals surface area contributed by atoms with Gasteiger partial charge in [-0.1, -0.05) is 50.3 Å². The van der Waals surface area contributed by atoms with Crippen LogP contribution in [0.1, 0.15) is 48.0 Å². The smallest absolute Gasteiger partial charge is 0.350 e. The molecule has 0 N–H and O–H groups in total. The first kappa shape index (κ1) is 24.0. The molecule has 0 spiro atoms. The van der Waals surface area contributed by atoms with Crippen LogP contribution in [-0.2, 0) is 19.1 Å². The zero-order valence-corrected chi connectivity index (χ0v) is 18.4. The van der Waals surface area contributed by atoms with Gasteiger partial charge in [-0.15, -0.1) is 0 Å². The van der Waals surface area contributed by atoms with Crippen LogP contribution in [0.2, 0.25) is 0 Å². The minimum atomic E-state index is -1.17. The zero-order valence-electron chi connectivity index (χ0n) is 17.6. The number of ether oxygens (including phenoxy) is 2. The molecule has 154 valence electrons. The molecule has 0 aliphatic heterocycles. The van der Waals surface area contributed by atoms with E-state index in [9.17, 15) is 9.59 Å². The summed E-state index contributed by atoms with van der Waals surface area (Å²) in [7, 11) is 0. The quantitative estimate of drug-likeness (QED) is 0.282. The van der Waals surface area contributed by atoms with Gasteiger partial charge in [-0.05, 0) is 63.8 Å². The summed E-state index contributed by atoms with van der Waals surface area (Å²) in [5.41, 5.74) is -0.412. The first-order chi connectivity index (χ1) is 13.0. The van der Waals surface area contributed by atoms with E-state index in [1.165, 1.54) is 0 Å². The molecule has 28 heavy (non-hydrogen) atoms. The second-order valence-electron chi connectivity index (χ2n) is 7.73. The molecule has 0 aromatic rings. The third-order valence-corrected chi connectivity index (χ3v) is 4.71. The van der Waals surface area contributed by atoms with E-state index in [0.717, 1.165) is 10.6 Å². The first-order valence-electron chi connectivity index (χ1n) is 9.49. The molecule has 0 radical (unpaired) electrons. The van der Waals surface area contributed by atoms with E-state index < -0.39 is 11.6 Å².